The fourth-order valence-corrected chi connectivity index (χ4v) is 2.07. The molecule has 9 heteroatoms. The monoisotopic (exact) mass is 297 g/mol. The Kier molecular flexibility index (Phi) is 4.39. The molecule has 0 spiro atoms. The first kappa shape index (κ1) is 15.7. The fraction of sp³-hybridized carbons (Fsp3) is 0.700. The summed E-state index contributed by atoms with van der Waals surface area (Å²) in [5, 5.41) is 8.62. The van der Waals surface area contributed by atoms with Crippen molar-refractivity contribution < 1.29 is 23.1 Å². The third kappa shape index (κ3) is 5.01. The molecule has 1 aromatic rings. The third-order valence-electron chi connectivity index (χ3n) is 2.05. The summed E-state index contributed by atoms with van der Waals surface area (Å²) >= 11 is 0.769. The van der Waals surface area contributed by atoms with Gasteiger partial charge in [-0.1, -0.05) is 20.8 Å². The van der Waals surface area contributed by atoms with Crippen LogP contribution < -0.4 is 4.90 Å². The second-order valence-electron chi connectivity index (χ2n) is 5.02. The van der Waals surface area contributed by atoms with Gasteiger partial charge in [-0.25, -0.2) is 4.98 Å². The average molecular weight is 297 g/mol. The smallest absolute Gasteiger partial charge is 0.406 e. The minimum Gasteiger partial charge on any atom is -0.480 e. The molecule has 0 aliphatic heterocycles. The van der Waals surface area contributed by atoms with Crippen LogP contribution in [0.1, 0.15) is 26.6 Å². The first-order chi connectivity index (χ1) is 8.49. The number of hydrogen-bond acceptors (Lipinski definition) is 5. The summed E-state index contributed by atoms with van der Waals surface area (Å²) in [6.45, 7) is 3.34. The van der Waals surface area contributed by atoms with E-state index in [-0.39, 0.29) is 5.13 Å². The third-order valence-corrected chi connectivity index (χ3v) is 2.83. The molecular formula is C10H14F3N3O2S. The lowest BCUT2D eigenvalue weighted by molar-refractivity contribution is -0.136. The van der Waals surface area contributed by atoms with Gasteiger partial charge in [-0.3, -0.25) is 4.79 Å². The van der Waals surface area contributed by atoms with E-state index in [9.17, 15) is 18.0 Å². The van der Waals surface area contributed by atoms with E-state index < -0.39 is 30.7 Å². The van der Waals surface area contributed by atoms with E-state index in [1.165, 1.54) is 0 Å². The van der Waals surface area contributed by atoms with Gasteiger partial charge >= 0.3 is 12.1 Å². The van der Waals surface area contributed by atoms with Crippen molar-refractivity contribution in [3.63, 3.8) is 0 Å². The number of hydrogen-bond donors (Lipinski definition) is 1. The number of rotatable bonds is 4. The van der Waals surface area contributed by atoms with Crippen LogP contribution in [0.3, 0.4) is 0 Å². The van der Waals surface area contributed by atoms with Crippen LogP contribution in [0.15, 0.2) is 0 Å². The Bertz CT molecular complexity index is 454. The first-order valence-corrected chi connectivity index (χ1v) is 6.14. The highest BCUT2D eigenvalue weighted by atomic mass is 32.1. The largest absolute Gasteiger partial charge is 0.480 e. The van der Waals surface area contributed by atoms with Crippen LogP contribution in [-0.4, -0.2) is 39.7 Å². The Morgan fingerprint density at radius 2 is 1.95 bits per heavy atom. The van der Waals surface area contributed by atoms with E-state index in [0.29, 0.717) is 10.7 Å². The van der Waals surface area contributed by atoms with Crippen molar-refractivity contribution in [1.82, 2.24) is 9.36 Å². The molecule has 5 nitrogen and oxygen atoms in total. The molecule has 1 aromatic heterocycles. The number of nitrogens with zero attached hydrogens (tertiary/aromatic N) is 3. The van der Waals surface area contributed by atoms with Gasteiger partial charge in [-0.15, -0.1) is 0 Å². The molecule has 108 valence electrons. The molecule has 0 aliphatic carbocycles. The Balaban J connectivity index is 2.97. The quantitative estimate of drug-likeness (QED) is 0.923. The topological polar surface area (TPSA) is 66.3 Å². The van der Waals surface area contributed by atoms with Gasteiger partial charge in [0, 0.05) is 16.9 Å². The van der Waals surface area contributed by atoms with Crippen molar-refractivity contribution in [3.8, 4) is 0 Å². The zero-order valence-corrected chi connectivity index (χ0v) is 11.5. The van der Waals surface area contributed by atoms with Gasteiger partial charge in [-0.05, 0) is 0 Å². The lowest BCUT2D eigenvalue weighted by Crippen LogP contribution is -2.38. The van der Waals surface area contributed by atoms with Gasteiger partial charge in [0.1, 0.15) is 18.9 Å². The molecule has 0 aliphatic rings. The van der Waals surface area contributed by atoms with E-state index in [0.717, 1.165) is 11.5 Å². The van der Waals surface area contributed by atoms with Crippen molar-refractivity contribution in [2.45, 2.75) is 32.4 Å². The summed E-state index contributed by atoms with van der Waals surface area (Å²) in [7, 11) is 0. The Hall–Kier alpha value is -1.38. The normalized spacial score (nSPS) is 12.5. The minimum absolute atomic E-state index is 0.0374. The van der Waals surface area contributed by atoms with Crippen molar-refractivity contribution in [1.29, 1.82) is 0 Å². The Morgan fingerprint density at radius 1 is 1.37 bits per heavy atom. The fourth-order valence-electron chi connectivity index (χ4n) is 1.22. The van der Waals surface area contributed by atoms with Crippen LogP contribution in [0.5, 0.6) is 0 Å². The maximum Gasteiger partial charge on any atom is 0.406 e. The Labute approximate surface area is 112 Å². The lowest BCUT2D eigenvalue weighted by atomic mass is 9.96. The molecular weight excluding hydrogens is 283 g/mol. The molecule has 0 unspecified atom stereocenters. The number of carbonyl (C=O) groups is 1. The van der Waals surface area contributed by atoms with E-state index >= 15 is 0 Å². The van der Waals surface area contributed by atoms with Crippen LogP contribution >= 0.6 is 11.5 Å². The molecule has 0 bridgehead atoms. The lowest BCUT2D eigenvalue weighted by Gasteiger charge is -2.20. The van der Waals surface area contributed by atoms with Crippen molar-refractivity contribution in [2.24, 2.45) is 0 Å². The van der Waals surface area contributed by atoms with Crippen LogP contribution in [0.4, 0.5) is 18.3 Å². The highest BCUT2D eigenvalue weighted by molar-refractivity contribution is 7.09. The number of carboxylic acid groups (broad SMARTS) is 1. The highest BCUT2D eigenvalue weighted by Crippen LogP contribution is 2.27. The predicted molar refractivity (Wildman–Crippen MR) is 64.5 cm³/mol. The maximum absolute atomic E-state index is 12.4. The van der Waals surface area contributed by atoms with E-state index in [2.05, 4.69) is 9.36 Å². The molecule has 0 amide bonds. The number of alkyl halides is 3. The van der Waals surface area contributed by atoms with Crippen LogP contribution in [0.25, 0.3) is 0 Å². The van der Waals surface area contributed by atoms with Gasteiger partial charge in [0.25, 0.3) is 0 Å². The zero-order chi connectivity index (χ0) is 14.8. The SMILES string of the molecule is CC(C)(C)c1nsc(N(CC(=O)O)CC(F)(F)F)n1. The standard InChI is InChI=1S/C10H14F3N3O2S/c1-9(2,3)7-14-8(19-15-7)16(4-6(17)18)5-10(11,12)13/h4-5H2,1-3H3,(H,17,18). The molecule has 0 radical (unpaired) electrons. The molecule has 0 atom stereocenters. The van der Waals surface area contributed by atoms with Gasteiger partial charge in [0.05, 0.1) is 0 Å². The first-order valence-electron chi connectivity index (χ1n) is 5.37. The predicted octanol–water partition coefficient (Wildman–Crippen LogP) is 2.29. The molecule has 1 N–H and O–H groups in total. The van der Waals surface area contributed by atoms with Crippen molar-refractivity contribution in [2.75, 3.05) is 18.0 Å². The molecule has 1 rings (SSSR count). The van der Waals surface area contributed by atoms with E-state index in [1.54, 1.807) is 0 Å². The molecule has 19 heavy (non-hydrogen) atoms. The number of aliphatic carboxylic acids is 1. The molecule has 0 aromatic carbocycles. The van der Waals surface area contributed by atoms with Gasteiger partial charge in [-0.2, -0.15) is 17.5 Å². The van der Waals surface area contributed by atoms with Crippen LogP contribution in [0.2, 0.25) is 0 Å². The van der Waals surface area contributed by atoms with Crippen molar-refractivity contribution >= 4 is 22.6 Å². The summed E-state index contributed by atoms with van der Waals surface area (Å²) in [4.78, 5) is 15.3. The molecule has 0 saturated carbocycles. The summed E-state index contributed by atoms with van der Waals surface area (Å²) < 4.78 is 41.2. The molecule has 0 saturated heterocycles. The Morgan fingerprint density at radius 3 is 2.32 bits per heavy atom. The van der Waals surface area contributed by atoms with Gasteiger partial charge in [0.2, 0.25) is 5.13 Å². The van der Waals surface area contributed by atoms with E-state index in [1.807, 2.05) is 20.8 Å². The minimum atomic E-state index is -4.50. The van der Waals surface area contributed by atoms with E-state index in [4.69, 9.17) is 5.11 Å². The second kappa shape index (κ2) is 5.32. The second-order valence-corrected chi connectivity index (χ2v) is 5.75. The summed E-state index contributed by atoms with van der Waals surface area (Å²) in [6.07, 6.45) is -4.50. The van der Waals surface area contributed by atoms with Gasteiger partial charge < -0.3 is 10.0 Å². The zero-order valence-electron chi connectivity index (χ0n) is 10.7. The number of aromatic nitrogens is 2. The average Bonchev–Trinajstić information content (AvgIpc) is 2.60. The summed E-state index contributed by atoms with van der Waals surface area (Å²) in [5.41, 5.74) is -0.401. The van der Waals surface area contributed by atoms with Crippen LogP contribution in [0, 0.1) is 0 Å². The number of anilines is 1. The summed E-state index contributed by atoms with van der Waals surface area (Å²) in [5.74, 6) is -0.957. The number of halogens is 3. The maximum atomic E-state index is 12.4. The summed E-state index contributed by atoms with van der Waals surface area (Å²) in [6, 6.07) is 0. The molecule has 0 fully saturated rings. The highest BCUT2D eigenvalue weighted by Gasteiger charge is 2.33. The van der Waals surface area contributed by atoms with Crippen LogP contribution in [-0.2, 0) is 10.2 Å². The van der Waals surface area contributed by atoms with Gasteiger partial charge in [0.15, 0.2) is 0 Å². The van der Waals surface area contributed by atoms with Crippen molar-refractivity contribution in [3.05, 3.63) is 5.82 Å². The number of carboxylic acids is 1. The molecule has 1 heterocycles.